The van der Waals surface area contributed by atoms with Gasteiger partial charge >= 0.3 is 0 Å². The lowest BCUT2D eigenvalue weighted by Gasteiger charge is -2.15. The van der Waals surface area contributed by atoms with Crippen molar-refractivity contribution in [3.05, 3.63) is 57.3 Å². The number of aromatic amines is 1. The second-order valence-electron chi connectivity index (χ2n) is 4.26. The molecule has 7 heteroatoms. The summed E-state index contributed by atoms with van der Waals surface area (Å²) in [5, 5.41) is 22.0. The lowest BCUT2D eigenvalue weighted by Crippen LogP contribution is -2.28. The first-order chi connectivity index (χ1) is 10.0. The number of H-pyrrole nitrogens is 1. The summed E-state index contributed by atoms with van der Waals surface area (Å²) in [6.45, 7) is -0.0524. The summed E-state index contributed by atoms with van der Waals surface area (Å²) in [5.74, 6) is -0.432. The maximum absolute atomic E-state index is 11.9. The van der Waals surface area contributed by atoms with Crippen LogP contribution in [0.4, 0.5) is 0 Å². The molecule has 1 unspecified atom stereocenters. The number of benzene rings is 1. The summed E-state index contributed by atoms with van der Waals surface area (Å²) in [6.07, 6.45) is -1.03. The van der Waals surface area contributed by atoms with Crippen molar-refractivity contribution in [3.63, 3.8) is 0 Å². The molecule has 1 amide bonds. The molecule has 0 aliphatic heterocycles. The van der Waals surface area contributed by atoms with Crippen molar-refractivity contribution >= 4 is 29.1 Å². The number of aromatic nitrogens is 1. The molecule has 1 aromatic carbocycles. The molecule has 5 nitrogen and oxygen atoms in total. The molecule has 0 bridgehead atoms. The van der Waals surface area contributed by atoms with E-state index in [9.17, 15) is 9.90 Å². The highest BCUT2D eigenvalue weighted by molar-refractivity contribution is 6.36. The summed E-state index contributed by atoms with van der Waals surface area (Å²) >= 11 is 12.0. The van der Waals surface area contributed by atoms with Gasteiger partial charge < -0.3 is 15.4 Å². The molecule has 1 heterocycles. The molecule has 3 N–H and O–H groups in total. The first-order valence-electron chi connectivity index (χ1n) is 6.02. The Labute approximate surface area is 131 Å². The number of carbonyl (C=O) groups excluding carboxylic acids is 1. The molecule has 108 valence electrons. The van der Waals surface area contributed by atoms with Crippen molar-refractivity contribution in [1.29, 1.82) is 5.26 Å². The van der Waals surface area contributed by atoms with E-state index in [0.717, 1.165) is 0 Å². The van der Waals surface area contributed by atoms with Crippen LogP contribution in [0.5, 0.6) is 0 Å². The second-order valence-corrected chi connectivity index (χ2v) is 5.07. The van der Waals surface area contributed by atoms with Crippen LogP contribution >= 0.6 is 23.2 Å². The van der Waals surface area contributed by atoms with Gasteiger partial charge in [-0.3, -0.25) is 4.79 Å². The maximum Gasteiger partial charge on any atom is 0.267 e. The van der Waals surface area contributed by atoms with Crippen molar-refractivity contribution < 1.29 is 9.90 Å². The number of hydrogen-bond donors (Lipinski definition) is 3. The van der Waals surface area contributed by atoms with Crippen molar-refractivity contribution in [2.45, 2.75) is 6.10 Å². The van der Waals surface area contributed by atoms with Gasteiger partial charge in [0.1, 0.15) is 17.5 Å². The Morgan fingerprint density at radius 2 is 2.00 bits per heavy atom. The van der Waals surface area contributed by atoms with E-state index in [4.69, 9.17) is 28.5 Å². The van der Waals surface area contributed by atoms with Crippen LogP contribution < -0.4 is 5.32 Å². The molecule has 1 atom stereocenters. The maximum atomic E-state index is 11.9. The van der Waals surface area contributed by atoms with Crippen LogP contribution in [0.3, 0.4) is 0 Å². The van der Waals surface area contributed by atoms with Crippen LogP contribution in [-0.2, 0) is 0 Å². The quantitative estimate of drug-likeness (QED) is 0.808. The van der Waals surface area contributed by atoms with Crippen LogP contribution in [0.2, 0.25) is 10.0 Å². The normalized spacial score (nSPS) is 11.7. The molecule has 1 aromatic heterocycles. The van der Waals surface area contributed by atoms with E-state index in [1.54, 1.807) is 18.2 Å². The van der Waals surface area contributed by atoms with E-state index >= 15 is 0 Å². The number of nitrogens with zero attached hydrogens (tertiary/aromatic N) is 1. The summed E-state index contributed by atoms with van der Waals surface area (Å²) < 4.78 is 0. The summed E-state index contributed by atoms with van der Waals surface area (Å²) in [4.78, 5) is 14.5. The van der Waals surface area contributed by atoms with Gasteiger partial charge in [-0.05, 0) is 24.3 Å². The van der Waals surface area contributed by atoms with E-state index in [-0.39, 0.29) is 17.9 Å². The third-order valence-corrected chi connectivity index (χ3v) is 3.50. The number of rotatable bonds is 4. The van der Waals surface area contributed by atoms with Crippen molar-refractivity contribution in [2.75, 3.05) is 6.54 Å². The third kappa shape index (κ3) is 3.56. The zero-order chi connectivity index (χ0) is 15.4. The van der Waals surface area contributed by atoms with Crippen LogP contribution in [0.1, 0.15) is 27.8 Å². The van der Waals surface area contributed by atoms with E-state index in [0.29, 0.717) is 15.6 Å². The number of aliphatic hydroxyl groups is 1. The Hall–Kier alpha value is -2.00. The van der Waals surface area contributed by atoms with Crippen molar-refractivity contribution in [3.8, 4) is 6.07 Å². The molecule has 2 rings (SSSR count). The topological polar surface area (TPSA) is 88.9 Å². The van der Waals surface area contributed by atoms with Crippen LogP contribution in [-0.4, -0.2) is 22.5 Å². The average Bonchev–Trinajstić information content (AvgIpc) is 2.93. The van der Waals surface area contributed by atoms with Gasteiger partial charge in [0.15, 0.2) is 0 Å². The van der Waals surface area contributed by atoms with Gasteiger partial charge in [-0.1, -0.05) is 29.3 Å². The third-order valence-electron chi connectivity index (χ3n) is 2.84. The van der Waals surface area contributed by atoms with Gasteiger partial charge in [-0.15, -0.1) is 0 Å². The highest BCUT2D eigenvalue weighted by Crippen LogP contribution is 2.29. The predicted octanol–water partition coefficient (Wildman–Crippen LogP) is 2.66. The zero-order valence-electron chi connectivity index (χ0n) is 10.7. The number of halogens is 2. The van der Waals surface area contributed by atoms with Gasteiger partial charge in [-0.25, -0.2) is 0 Å². The fourth-order valence-electron chi connectivity index (χ4n) is 1.81. The zero-order valence-corrected chi connectivity index (χ0v) is 12.2. The largest absolute Gasteiger partial charge is 0.386 e. The molecule has 0 fully saturated rings. The van der Waals surface area contributed by atoms with Gasteiger partial charge in [0.2, 0.25) is 0 Å². The first kappa shape index (κ1) is 15.4. The lowest BCUT2D eigenvalue weighted by molar-refractivity contribution is 0.0912. The van der Waals surface area contributed by atoms with E-state index in [1.165, 1.54) is 12.1 Å². The molecular weight excluding hydrogens is 313 g/mol. The number of nitriles is 1. The fourth-order valence-corrected chi connectivity index (χ4v) is 2.46. The van der Waals surface area contributed by atoms with Crippen LogP contribution in [0.15, 0.2) is 30.3 Å². The monoisotopic (exact) mass is 323 g/mol. The smallest absolute Gasteiger partial charge is 0.267 e. The van der Waals surface area contributed by atoms with E-state index in [2.05, 4.69) is 10.3 Å². The minimum Gasteiger partial charge on any atom is -0.386 e. The molecule has 0 spiro atoms. The minimum absolute atomic E-state index is 0.0524. The Bertz CT molecular complexity index is 686. The lowest BCUT2D eigenvalue weighted by atomic mass is 10.1. The molecule has 0 aliphatic carbocycles. The summed E-state index contributed by atoms with van der Waals surface area (Å²) in [6, 6.07) is 9.76. The number of hydrogen-bond acceptors (Lipinski definition) is 3. The SMILES string of the molecule is N#Cc1ccc(C(=O)NCC(O)c2c(Cl)cccc2Cl)[nH]1. The predicted molar refractivity (Wildman–Crippen MR) is 79.3 cm³/mol. The molecule has 2 aromatic rings. The second kappa shape index (κ2) is 6.64. The number of amides is 1. The molecule has 21 heavy (non-hydrogen) atoms. The van der Waals surface area contributed by atoms with Crippen molar-refractivity contribution in [2.24, 2.45) is 0 Å². The van der Waals surface area contributed by atoms with E-state index < -0.39 is 12.0 Å². The van der Waals surface area contributed by atoms with Gasteiger partial charge in [0.05, 0.1) is 6.10 Å². The molecule has 0 aliphatic rings. The molecular formula is C14H11Cl2N3O2. The Balaban J connectivity index is 2.02. The molecule has 0 saturated heterocycles. The van der Waals surface area contributed by atoms with Crippen LogP contribution in [0, 0.1) is 11.3 Å². The molecule has 0 radical (unpaired) electrons. The number of aliphatic hydroxyl groups excluding tert-OH is 1. The Morgan fingerprint density at radius 1 is 1.33 bits per heavy atom. The fraction of sp³-hybridized carbons (Fsp3) is 0.143. The number of carbonyl (C=O) groups is 1. The van der Waals surface area contributed by atoms with Gasteiger partial charge in [-0.2, -0.15) is 5.26 Å². The number of nitrogens with one attached hydrogen (secondary N) is 2. The van der Waals surface area contributed by atoms with Gasteiger partial charge in [0.25, 0.3) is 5.91 Å². The van der Waals surface area contributed by atoms with Crippen molar-refractivity contribution in [1.82, 2.24) is 10.3 Å². The Morgan fingerprint density at radius 3 is 2.57 bits per heavy atom. The molecule has 0 saturated carbocycles. The highest BCUT2D eigenvalue weighted by Gasteiger charge is 2.17. The highest BCUT2D eigenvalue weighted by atomic mass is 35.5. The standard InChI is InChI=1S/C14H11Cl2N3O2/c15-9-2-1-3-10(16)13(9)12(20)7-18-14(21)11-5-4-8(6-17)19-11/h1-5,12,19-20H,7H2,(H,18,21). The summed E-state index contributed by atoms with van der Waals surface area (Å²) in [5.41, 5.74) is 0.893. The van der Waals surface area contributed by atoms with Crippen LogP contribution in [0.25, 0.3) is 0 Å². The minimum atomic E-state index is -1.03. The van der Waals surface area contributed by atoms with E-state index in [1.807, 2.05) is 6.07 Å². The average molecular weight is 324 g/mol. The Kier molecular flexibility index (Phi) is 4.86. The summed E-state index contributed by atoms with van der Waals surface area (Å²) in [7, 11) is 0. The first-order valence-corrected chi connectivity index (χ1v) is 6.78. The van der Waals surface area contributed by atoms with Gasteiger partial charge in [0, 0.05) is 22.2 Å².